The lowest BCUT2D eigenvalue weighted by atomic mass is 9.92. The molecule has 0 unspecified atom stereocenters. The van der Waals surface area contributed by atoms with Crippen molar-refractivity contribution < 1.29 is 8.42 Å². The van der Waals surface area contributed by atoms with E-state index in [1.807, 2.05) is 24.0 Å². The third-order valence-electron chi connectivity index (χ3n) is 4.81. The number of aryl methyl sites for hydroxylation is 2. The Balaban J connectivity index is 1.71. The summed E-state index contributed by atoms with van der Waals surface area (Å²) >= 11 is 5.31. The Labute approximate surface area is 150 Å². The molecule has 1 saturated heterocycles. The van der Waals surface area contributed by atoms with E-state index in [2.05, 4.69) is 5.32 Å². The van der Waals surface area contributed by atoms with Gasteiger partial charge >= 0.3 is 0 Å². The van der Waals surface area contributed by atoms with Crippen molar-refractivity contribution >= 4 is 27.4 Å². The molecule has 2 aliphatic rings. The number of nitrogens with zero attached hydrogens (tertiary/aromatic N) is 2. The van der Waals surface area contributed by atoms with Crippen molar-refractivity contribution in [3.63, 3.8) is 0 Å². The van der Waals surface area contributed by atoms with Gasteiger partial charge in [0.2, 0.25) is 10.0 Å². The van der Waals surface area contributed by atoms with E-state index in [9.17, 15) is 8.42 Å². The lowest BCUT2D eigenvalue weighted by molar-refractivity contribution is 0.264. The summed E-state index contributed by atoms with van der Waals surface area (Å²) in [5.74, 6) is 0. The molecule has 0 bridgehead atoms. The average Bonchev–Trinajstić information content (AvgIpc) is 2.61. The highest BCUT2D eigenvalue weighted by Gasteiger charge is 2.29. The van der Waals surface area contributed by atoms with Gasteiger partial charge < -0.3 is 10.2 Å². The highest BCUT2D eigenvalue weighted by atomic mass is 32.2. The van der Waals surface area contributed by atoms with Crippen molar-refractivity contribution in [2.45, 2.75) is 37.5 Å². The first-order valence-corrected chi connectivity index (χ1v) is 10.5. The standard InChI is InChI=1S/C17H25N3O2S2/c1-2-18-17(23)19-9-11-20(12-10-19)24(21,22)16-8-7-14-5-3-4-6-15(14)13-16/h7-8,13H,2-6,9-12H2,1H3,(H,18,23). The van der Waals surface area contributed by atoms with Gasteiger partial charge in [-0.1, -0.05) is 6.07 Å². The van der Waals surface area contributed by atoms with E-state index in [0.29, 0.717) is 36.2 Å². The van der Waals surface area contributed by atoms with Crippen molar-refractivity contribution in [3.05, 3.63) is 29.3 Å². The average molecular weight is 368 g/mol. The van der Waals surface area contributed by atoms with Crippen LogP contribution in [0.25, 0.3) is 0 Å². The fraction of sp³-hybridized carbons (Fsp3) is 0.588. The minimum atomic E-state index is -3.41. The zero-order chi connectivity index (χ0) is 17.2. The van der Waals surface area contributed by atoms with Crippen molar-refractivity contribution in [2.75, 3.05) is 32.7 Å². The van der Waals surface area contributed by atoms with E-state index < -0.39 is 10.0 Å². The number of rotatable bonds is 3. The molecule has 1 aromatic carbocycles. The summed E-state index contributed by atoms with van der Waals surface area (Å²) in [7, 11) is -3.41. The van der Waals surface area contributed by atoms with Crippen LogP contribution >= 0.6 is 12.2 Å². The molecule has 7 heteroatoms. The van der Waals surface area contributed by atoms with Crippen LogP contribution in [0.5, 0.6) is 0 Å². The summed E-state index contributed by atoms with van der Waals surface area (Å²) in [4.78, 5) is 2.48. The van der Waals surface area contributed by atoms with Crippen LogP contribution in [-0.4, -0.2) is 55.5 Å². The van der Waals surface area contributed by atoms with Gasteiger partial charge in [0, 0.05) is 32.7 Å². The molecular formula is C17H25N3O2S2. The Kier molecular flexibility index (Phi) is 5.42. The van der Waals surface area contributed by atoms with Gasteiger partial charge in [0.05, 0.1) is 4.90 Å². The zero-order valence-corrected chi connectivity index (χ0v) is 15.8. The molecule has 1 aliphatic carbocycles. The molecule has 0 spiro atoms. The Morgan fingerprint density at radius 3 is 2.46 bits per heavy atom. The predicted octanol–water partition coefficient (Wildman–Crippen LogP) is 1.77. The quantitative estimate of drug-likeness (QED) is 0.825. The molecule has 0 amide bonds. The van der Waals surface area contributed by atoms with Gasteiger partial charge in [0.1, 0.15) is 0 Å². The Morgan fingerprint density at radius 1 is 1.12 bits per heavy atom. The fourth-order valence-electron chi connectivity index (χ4n) is 3.41. The molecule has 3 rings (SSSR count). The van der Waals surface area contributed by atoms with Crippen LogP contribution in [0.1, 0.15) is 30.9 Å². The summed E-state index contributed by atoms with van der Waals surface area (Å²) in [6.07, 6.45) is 4.41. The smallest absolute Gasteiger partial charge is 0.243 e. The molecule has 5 nitrogen and oxygen atoms in total. The number of nitrogens with one attached hydrogen (secondary N) is 1. The second kappa shape index (κ2) is 7.37. The minimum absolute atomic E-state index is 0.436. The monoisotopic (exact) mass is 367 g/mol. The number of hydrogen-bond acceptors (Lipinski definition) is 3. The highest BCUT2D eigenvalue weighted by Crippen LogP contribution is 2.26. The predicted molar refractivity (Wildman–Crippen MR) is 99.7 cm³/mol. The van der Waals surface area contributed by atoms with Crippen molar-refractivity contribution in [2.24, 2.45) is 0 Å². The fourth-order valence-corrected chi connectivity index (χ4v) is 5.21. The maximum absolute atomic E-state index is 12.9. The van der Waals surface area contributed by atoms with Gasteiger partial charge in [-0.3, -0.25) is 0 Å². The lowest BCUT2D eigenvalue weighted by Gasteiger charge is -2.35. The van der Waals surface area contributed by atoms with E-state index in [1.165, 1.54) is 17.5 Å². The summed E-state index contributed by atoms with van der Waals surface area (Å²) < 4.78 is 27.5. The van der Waals surface area contributed by atoms with Gasteiger partial charge in [0.15, 0.2) is 5.11 Å². The van der Waals surface area contributed by atoms with E-state index in [4.69, 9.17) is 12.2 Å². The van der Waals surface area contributed by atoms with Crippen molar-refractivity contribution in [1.82, 2.24) is 14.5 Å². The number of benzene rings is 1. The maximum atomic E-state index is 12.9. The third-order valence-corrected chi connectivity index (χ3v) is 7.11. The van der Waals surface area contributed by atoms with Crippen LogP contribution in [0.15, 0.2) is 23.1 Å². The first kappa shape index (κ1) is 17.6. The van der Waals surface area contributed by atoms with Crippen LogP contribution in [0.4, 0.5) is 0 Å². The summed E-state index contributed by atoms with van der Waals surface area (Å²) in [5.41, 5.74) is 2.51. The maximum Gasteiger partial charge on any atom is 0.243 e. The molecule has 0 aromatic heterocycles. The molecule has 1 aromatic rings. The summed E-state index contributed by atoms with van der Waals surface area (Å²) in [6.45, 7) is 5.01. The molecule has 0 saturated carbocycles. The number of sulfonamides is 1. The molecule has 1 aliphatic heterocycles. The molecular weight excluding hydrogens is 342 g/mol. The van der Waals surface area contributed by atoms with Gasteiger partial charge in [0.25, 0.3) is 0 Å². The van der Waals surface area contributed by atoms with E-state index in [1.54, 1.807) is 10.4 Å². The van der Waals surface area contributed by atoms with Gasteiger partial charge in [-0.2, -0.15) is 4.31 Å². The van der Waals surface area contributed by atoms with E-state index >= 15 is 0 Å². The summed E-state index contributed by atoms with van der Waals surface area (Å²) in [5, 5.41) is 3.84. The zero-order valence-electron chi connectivity index (χ0n) is 14.1. The van der Waals surface area contributed by atoms with Crippen LogP contribution in [0.2, 0.25) is 0 Å². The van der Waals surface area contributed by atoms with E-state index in [-0.39, 0.29) is 0 Å². The minimum Gasteiger partial charge on any atom is -0.363 e. The van der Waals surface area contributed by atoms with Crippen molar-refractivity contribution in [3.8, 4) is 0 Å². The SMILES string of the molecule is CCNC(=S)N1CCN(S(=O)(=O)c2ccc3c(c2)CCCC3)CC1. The molecule has 132 valence electrons. The van der Waals surface area contributed by atoms with E-state index in [0.717, 1.165) is 25.8 Å². The highest BCUT2D eigenvalue weighted by molar-refractivity contribution is 7.89. The van der Waals surface area contributed by atoms with Crippen LogP contribution < -0.4 is 5.32 Å². The second-order valence-corrected chi connectivity index (χ2v) is 8.69. The molecule has 0 radical (unpaired) electrons. The van der Waals surface area contributed by atoms with Crippen LogP contribution in [-0.2, 0) is 22.9 Å². The second-order valence-electron chi connectivity index (χ2n) is 6.36. The first-order valence-electron chi connectivity index (χ1n) is 8.67. The topological polar surface area (TPSA) is 52.6 Å². The normalized spacial score (nSPS) is 19.0. The van der Waals surface area contributed by atoms with Crippen LogP contribution in [0, 0.1) is 0 Å². The largest absolute Gasteiger partial charge is 0.363 e. The number of fused-ring (bicyclic) bond motifs is 1. The number of piperazine rings is 1. The van der Waals surface area contributed by atoms with Gasteiger partial charge in [-0.25, -0.2) is 8.42 Å². The summed E-state index contributed by atoms with van der Waals surface area (Å²) in [6, 6.07) is 5.66. The molecule has 24 heavy (non-hydrogen) atoms. The van der Waals surface area contributed by atoms with Crippen molar-refractivity contribution in [1.29, 1.82) is 0 Å². The van der Waals surface area contributed by atoms with Gasteiger partial charge in [-0.05, 0) is 68.1 Å². The lowest BCUT2D eigenvalue weighted by Crippen LogP contribution is -2.52. The number of thiocarbonyl (C=S) groups is 1. The van der Waals surface area contributed by atoms with Crippen LogP contribution in [0.3, 0.4) is 0 Å². The molecule has 1 heterocycles. The first-order chi connectivity index (χ1) is 11.5. The molecule has 1 fully saturated rings. The Hall–Kier alpha value is -1.18. The molecule has 0 atom stereocenters. The number of hydrogen-bond donors (Lipinski definition) is 1. The van der Waals surface area contributed by atoms with Gasteiger partial charge in [-0.15, -0.1) is 0 Å². The Bertz CT molecular complexity index is 711. The third kappa shape index (κ3) is 3.58. The molecule has 1 N–H and O–H groups in total. The Morgan fingerprint density at radius 2 is 1.79 bits per heavy atom.